The third-order valence-electron chi connectivity index (χ3n) is 3.44. The van der Waals surface area contributed by atoms with Crippen molar-refractivity contribution in [3.8, 4) is 0 Å². The molecule has 0 spiro atoms. The van der Waals surface area contributed by atoms with Crippen molar-refractivity contribution in [2.75, 3.05) is 18.6 Å². The highest BCUT2D eigenvalue weighted by atomic mass is 16.5. The summed E-state index contributed by atoms with van der Waals surface area (Å²) in [7, 11) is 1.65. The topological polar surface area (TPSA) is 79.8 Å². The van der Waals surface area contributed by atoms with Crippen molar-refractivity contribution in [2.45, 2.75) is 31.9 Å². The second kappa shape index (κ2) is 5.96. The molecule has 0 aliphatic carbocycles. The first-order valence-corrected chi connectivity index (χ1v) is 6.82. The molecule has 0 amide bonds. The van der Waals surface area contributed by atoms with Crippen LogP contribution < -0.4 is 4.90 Å². The minimum Gasteiger partial charge on any atom is -0.377 e. The van der Waals surface area contributed by atoms with Crippen LogP contribution in [0.15, 0.2) is 18.5 Å². The van der Waals surface area contributed by atoms with Gasteiger partial charge in [-0.05, 0) is 25.3 Å². The third-order valence-corrected chi connectivity index (χ3v) is 3.44. The minimum atomic E-state index is 0.132. The van der Waals surface area contributed by atoms with Crippen molar-refractivity contribution >= 4 is 5.95 Å². The van der Waals surface area contributed by atoms with Crippen molar-refractivity contribution in [1.82, 2.24) is 25.1 Å². The van der Waals surface area contributed by atoms with Gasteiger partial charge in [0.05, 0.1) is 6.04 Å². The van der Waals surface area contributed by atoms with Gasteiger partial charge in [0.2, 0.25) is 5.95 Å². The number of nitrogens with one attached hydrogen (secondary N) is 1. The molecule has 7 heteroatoms. The second-order valence-corrected chi connectivity index (χ2v) is 4.83. The molecule has 1 saturated heterocycles. The van der Waals surface area contributed by atoms with Gasteiger partial charge in [-0.15, -0.1) is 0 Å². The van der Waals surface area contributed by atoms with Crippen LogP contribution in [0, 0.1) is 0 Å². The number of methoxy groups -OCH3 is 1. The number of hydrogen-bond donors (Lipinski definition) is 1. The van der Waals surface area contributed by atoms with Crippen molar-refractivity contribution in [3.63, 3.8) is 0 Å². The zero-order chi connectivity index (χ0) is 13.8. The Balaban J connectivity index is 1.84. The SMILES string of the molecule is COCc1nc(C2CCCCN2c2ncccn2)n[nH]1. The summed E-state index contributed by atoms with van der Waals surface area (Å²) in [4.78, 5) is 15.4. The Morgan fingerprint density at radius 2 is 2.20 bits per heavy atom. The Hall–Kier alpha value is -2.02. The maximum atomic E-state index is 5.07. The average molecular weight is 274 g/mol. The highest BCUT2D eigenvalue weighted by Gasteiger charge is 2.28. The first-order chi connectivity index (χ1) is 9.88. The number of ether oxygens (including phenoxy) is 1. The molecule has 1 fully saturated rings. The Bertz CT molecular complexity index is 543. The van der Waals surface area contributed by atoms with Gasteiger partial charge in [-0.2, -0.15) is 5.10 Å². The zero-order valence-corrected chi connectivity index (χ0v) is 11.5. The van der Waals surface area contributed by atoms with Crippen LogP contribution in [0.1, 0.15) is 37.0 Å². The summed E-state index contributed by atoms with van der Waals surface area (Å²) in [5.41, 5.74) is 0. The average Bonchev–Trinajstić information content (AvgIpc) is 2.97. The molecule has 1 atom stereocenters. The largest absolute Gasteiger partial charge is 0.377 e. The van der Waals surface area contributed by atoms with Crippen LogP contribution in [-0.2, 0) is 11.3 Å². The molecule has 1 aliphatic rings. The number of H-pyrrole nitrogens is 1. The number of piperidine rings is 1. The lowest BCUT2D eigenvalue weighted by atomic mass is 10.0. The van der Waals surface area contributed by atoms with E-state index in [1.807, 2.05) is 6.07 Å². The first kappa shape index (κ1) is 13.0. The van der Waals surface area contributed by atoms with E-state index in [4.69, 9.17) is 4.74 Å². The number of hydrogen-bond acceptors (Lipinski definition) is 6. The molecular weight excluding hydrogens is 256 g/mol. The van der Waals surface area contributed by atoms with E-state index in [1.54, 1.807) is 19.5 Å². The fraction of sp³-hybridized carbons (Fsp3) is 0.538. The van der Waals surface area contributed by atoms with E-state index in [0.717, 1.165) is 37.0 Å². The molecule has 20 heavy (non-hydrogen) atoms. The van der Waals surface area contributed by atoms with E-state index in [9.17, 15) is 0 Å². The fourth-order valence-electron chi connectivity index (χ4n) is 2.54. The lowest BCUT2D eigenvalue weighted by Gasteiger charge is -2.33. The van der Waals surface area contributed by atoms with E-state index in [1.165, 1.54) is 6.42 Å². The lowest BCUT2D eigenvalue weighted by molar-refractivity contribution is 0.178. The normalized spacial score (nSPS) is 19.2. The van der Waals surface area contributed by atoms with Crippen LogP contribution in [0.4, 0.5) is 5.95 Å². The van der Waals surface area contributed by atoms with E-state index >= 15 is 0 Å². The summed E-state index contributed by atoms with van der Waals surface area (Å²) in [5, 5.41) is 7.24. The molecule has 3 rings (SSSR count). The molecule has 7 nitrogen and oxygen atoms in total. The van der Waals surface area contributed by atoms with Gasteiger partial charge in [-0.25, -0.2) is 15.0 Å². The predicted molar refractivity (Wildman–Crippen MR) is 73.1 cm³/mol. The Morgan fingerprint density at radius 1 is 1.35 bits per heavy atom. The first-order valence-electron chi connectivity index (χ1n) is 6.82. The van der Waals surface area contributed by atoms with E-state index in [-0.39, 0.29) is 6.04 Å². The fourth-order valence-corrected chi connectivity index (χ4v) is 2.54. The van der Waals surface area contributed by atoms with Crippen molar-refractivity contribution < 1.29 is 4.74 Å². The minimum absolute atomic E-state index is 0.132. The maximum Gasteiger partial charge on any atom is 0.225 e. The summed E-state index contributed by atoms with van der Waals surface area (Å²) in [5.74, 6) is 2.29. The van der Waals surface area contributed by atoms with Crippen LogP contribution in [0.5, 0.6) is 0 Å². The number of rotatable bonds is 4. The molecule has 0 saturated carbocycles. The third kappa shape index (κ3) is 2.62. The van der Waals surface area contributed by atoms with E-state index < -0.39 is 0 Å². The standard InChI is InChI=1S/C13H18N6O/c1-20-9-11-16-12(18-17-11)10-5-2-3-8-19(10)13-14-6-4-7-15-13/h4,6-7,10H,2-3,5,8-9H2,1H3,(H,16,17,18). The maximum absolute atomic E-state index is 5.07. The summed E-state index contributed by atoms with van der Waals surface area (Å²) >= 11 is 0. The summed E-state index contributed by atoms with van der Waals surface area (Å²) in [6, 6.07) is 1.96. The van der Waals surface area contributed by atoms with E-state index in [0.29, 0.717) is 6.61 Å². The van der Waals surface area contributed by atoms with Gasteiger partial charge in [0.25, 0.3) is 0 Å². The Labute approximate surface area is 117 Å². The number of aromatic amines is 1. The van der Waals surface area contributed by atoms with Gasteiger partial charge in [0.1, 0.15) is 6.61 Å². The summed E-state index contributed by atoms with van der Waals surface area (Å²) in [6.07, 6.45) is 6.86. The van der Waals surface area contributed by atoms with Crippen LogP contribution in [0.2, 0.25) is 0 Å². The monoisotopic (exact) mass is 274 g/mol. The smallest absolute Gasteiger partial charge is 0.225 e. The molecule has 1 unspecified atom stereocenters. The zero-order valence-electron chi connectivity index (χ0n) is 11.5. The molecule has 2 aromatic heterocycles. The number of anilines is 1. The van der Waals surface area contributed by atoms with E-state index in [2.05, 4.69) is 30.0 Å². The molecule has 1 N–H and O–H groups in total. The van der Waals surface area contributed by atoms with Crippen LogP contribution >= 0.6 is 0 Å². The van der Waals surface area contributed by atoms with Crippen LogP contribution in [0.25, 0.3) is 0 Å². The van der Waals surface area contributed by atoms with Crippen molar-refractivity contribution in [1.29, 1.82) is 0 Å². The number of nitrogens with zero attached hydrogens (tertiary/aromatic N) is 5. The molecule has 0 radical (unpaired) electrons. The Morgan fingerprint density at radius 3 is 3.00 bits per heavy atom. The molecule has 106 valence electrons. The predicted octanol–water partition coefficient (Wildman–Crippen LogP) is 1.47. The summed E-state index contributed by atoms with van der Waals surface area (Å²) in [6.45, 7) is 1.38. The van der Waals surface area contributed by atoms with Gasteiger partial charge in [0.15, 0.2) is 11.6 Å². The molecule has 3 heterocycles. The van der Waals surface area contributed by atoms with Crippen LogP contribution in [0.3, 0.4) is 0 Å². The molecule has 0 aromatic carbocycles. The summed E-state index contributed by atoms with van der Waals surface area (Å²) < 4.78 is 5.07. The van der Waals surface area contributed by atoms with Gasteiger partial charge >= 0.3 is 0 Å². The second-order valence-electron chi connectivity index (χ2n) is 4.83. The Kier molecular flexibility index (Phi) is 3.87. The molecular formula is C13H18N6O. The molecule has 2 aromatic rings. The highest BCUT2D eigenvalue weighted by molar-refractivity contribution is 5.33. The lowest BCUT2D eigenvalue weighted by Crippen LogP contribution is -2.35. The van der Waals surface area contributed by atoms with Crippen molar-refractivity contribution in [2.24, 2.45) is 0 Å². The van der Waals surface area contributed by atoms with Gasteiger partial charge in [-0.3, -0.25) is 5.10 Å². The number of aromatic nitrogens is 5. The molecule has 0 bridgehead atoms. The van der Waals surface area contributed by atoms with Gasteiger partial charge in [0, 0.05) is 26.0 Å². The van der Waals surface area contributed by atoms with Gasteiger partial charge in [-0.1, -0.05) is 0 Å². The van der Waals surface area contributed by atoms with Gasteiger partial charge < -0.3 is 9.64 Å². The molecule has 1 aliphatic heterocycles. The van der Waals surface area contributed by atoms with Crippen LogP contribution in [-0.4, -0.2) is 38.8 Å². The highest BCUT2D eigenvalue weighted by Crippen LogP contribution is 2.31. The quantitative estimate of drug-likeness (QED) is 0.909. The van der Waals surface area contributed by atoms with Crippen molar-refractivity contribution in [3.05, 3.63) is 30.1 Å².